The first kappa shape index (κ1) is 18.4. The Bertz CT molecular complexity index is 799. The van der Waals surface area contributed by atoms with Gasteiger partial charge in [-0.15, -0.1) is 0 Å². The number of carbonyl (C=O) groups excluding carboxylic acids is 2. The largest absolute Gasteiger partial charge is 0.463 e. The summed E-state index contributed by atoms with van der Waals surface area (Å²) in [6.45, 7) is 3.53. The third kappa shape index (κ3) is 5.27. The first-order valence-electron chi connectivity index (χ1n) is 7.96. The van der Waals surface area contributed by atoms with Crippen LogP contribution in [-0.2, 0) is 16.6 Å². The highest BCUT2D eigenvalue weighted by molar-refractivity contribution is 5.92. The van der Waals surface area contributed by atoms with Gasteiger partial charge in [0, 0.05) is 13.1 Å². The molecule has 1 atom stereocenters. The normalized spacial score (nSPS) is 11.8. The van der Waals surface area contributed by atoms with E-state index in [1.807, 2.05) is 30.3 Å². The summed E-state index contributed by atoms with van der Waals surface area (Å²) in [5, 5.41) is 6.71. The number of carbonyl (C=O) groups is 2. The van der Waals surface area contributed by atoms with E-state index in [0.29, 0.717) is 0 Å². The summed E-state index contributed by atoms with van der Waals surface area (Å²) >= 11 is 0. The molecule has 1 unspecified atom stereocenters. The van der Waals surface area contributed by atoms with Crippen molar-refractivity contribution in [3.63, 3.8) is 0 Å². The van der Waals surface area contributed by atoms with E-state index in [4.69, 9.17) is 4.74 Å². The van der Waals surface area contributed by atoms with E-state index < -0.39 is 17.9 Å². The summed E-state index contributed by atoms with van der Waals surface area (Å²) in [4.78, 5) is 35.9. The zero-order valence-corrected chi connectivity index (χ0v) is 14.4. The van der Waals surface area contributed by atoms with E-state index in [1.165, 1.54) is 19.2 Å². The third-order valence-electron chi connectivity index (χ3n) is 3.44. The number of hydrogen-bond donors (Lipinski definition) is 1. The Morgan fingerprint density at radius 1 is 1.16 bits per heavy atom. The van der Waals surface area contributed by atoms with Crippen molar-refractivity contribution in [2.75, 3.05) is 0 Å². The SMILES string of the molecule is CC(C)OC(=O)CC(NC(=O)c1ccc(=O)n(C)n1)c1ccccc1. The molecule has 0 fully saturated rings. The van der Waals surface area contributed by atoms with Gasteiger partial charge in [-0.05, 0) is 25.5 Å². The van der Waals surface area contributed by atoms with E-state index in [0.717, 1.165) is 10.2 Å². The van der Waals surface area contributed by atoms with Gasteiger partial charge >= 0.3 is 5.97 Å². The van der Waals surface area contributed by atoms with E-state index >= 15 is 0 Å². The van der Waals surface area contributed by atoms with Crippen molar-refractivity contribution in [2.24, 2.45) is 7.05 Å². The Balaban J connectivity index is 2.20. The fraction of sp³-hybridized carbons (Fsp3) is 0.333. The minimum Gasteiger partial charge on any atom is -0.463 e. The van der Waals surface area contributed by atoms with Crippen LogP contribution in [0, 0.1) is 0 Å². The molecule has 2 aromatic rings. The lowest BCUT2D eigenvalue weighted by Crippen LogP contribution is -2.33. The van der Waals surface area contributed by atoms with E-state index in [-0.39, 0.29) is 23.8 Å². The Kier molecular flexibility index (Phi) is 6.05. The predicted octanol–water partition coefficient (Wildman–Crippen LogP) is 1.59. The Labute approximate surface area is 145 Å². The molecule has 7 heteroatoms. The number of benzene rings is 1. The van der Waals surface area contributed by atoms with Crippen LogP contribution in [-0.4, -0.2) is 27.8 Å². The molecule has 1 aromatic carbocycles. The Hall–Kier alpha value is -2.96. The lowest BCUT2D eigenvalue weighted by molar-refractivity contribution is -0.147. The Morgan fingerprint density at radius 3 is 2.44 bits per heavy atom. The van der Waals surface area contributed by atoms with Crippen molar-refractivity contribution in [2.45, 2.75) is 32.4 Å². The van der Waals surface area contributed by atoms with Crippen LogP contribution >= 0.6 is 0 Å². The van der Waals surface area contributed by atoms with Crippen LogP contribution in [0.5, 0.6) is 0 Å². The summed E-state index contributed by atoms with van der Waals surface area (Å²) in [5.41, 5.74) is 0.568. The van der Waals surface area contributed by atoms with Gasteiger partial charge in [-0.1, -0.05) is 30.3 Å². The minimum absolute atomic E-state index is 0.000300. The molecule has 0 aliphatic carbocycles. The van der Waals surface area contributed by atoms with Gasteiger partial charge in [0.05, 0.1) is 18.6 Å². The smallest absolute Gasteiger partial charge is 0.308 e. The molecule has 0 radical (unpaired) electrons. The van der Waals surface area contributed by atoms with Gasteiger partial charge in [0.15, 0.2) is 0 Å². The molecule has 0 aliphatic rings. The number of aryl methyl sites for hydroxylation is 1. The fourth-order valence-electron chi connectivity index (χ4n) is 2.27. The lowest BCUT2D eigenvalue weighted by Gasteiger charge is -2.19. The number of hydrogen-bond acceptors (Lipinski definition) is 5. The maximum atomic E-state index is 12.5. The van der Waals surface area contributed by atoms with Crippen LogP contribution in [0.4, 0.5) is 0 Å². The second-order valence-corrected chi connectivity index (χ2v) is 5.86. The van der Waals surface area contributed by atoms with E-state index in [2.05, 4.69) is 10.4 Å². The highest BCUT2D eigenvalue weighted by atomic mass is 16.5. The van der Waals surface area contributed by atoms with Crippen molar-refractivity contribution in [3.05, 3.63) is 64.1 Å². The topological polar surface area (TPSA) is 90.3 Å². The number of amides is 1. The van der Waals surface area contributed by atoms with Gasteiger partial charge in [-0.2, -0.15) is 5.10 Å². The van der Waals surface area contributed by atoms with Crippen molar-refractivity contribution in [1.29, 1.82) is 0 Å². The van der Waals surface area contributed by atoms with Gasteiger partial charge in [0.2, 0.25) is 0 Å². The molecule has 0 saturated carbocycles. The molecule has 0 spiro atoms. The summed E-state index contributed by atoms with van der Waals surface area (Å²) in [6.07, 6.45) is -0.232. The molecular weight excluding hydrogens is 322 g/mol. The van der Waals surface area contributed by atoms with Crippen LogP contribution in [0.3, 0.4) is 0 Å². The molecular formula is C18H21N3O4. The second-order valence-electron chi connectivity index (χ2n) is 5.86. The molecule has 1 heterocycles. The molecule has 0 saturated heterocycles. The number of nitrogens with zero attached hydrogens (tertiary/aromatic N) is 2. The van der Waals surface area contributed by atoms with Gasteiger partial charge in [-0.3, -0.25) is 14.4 Å². The minimum atomic E-state index is -0.556. The van der Waals surface area contributed by atoms with Crippen LogP contribution in [0.15, 0.2) is 47.3 Å². The molecule has 132 valence electrons. The molecule has 0 aliphatic heterocycles. The summed E-state index contributed by atoms with van der Waals surface area (Å²) in [7, 11) is 1.47. The second kappa shape index (κ2) is 8.23. The van der Waals surface area contributed by atoms with Crippen molar-refractivity contribution in [1.82, 2.24) is 15.1 Å². The average molecular weight is 343 g/mol. The van der Waals surface area contributed by atoms with Crippen molar-refractivity contribution >= 4 is 11.9 Å². The maximum absolute atomic E-state index is 12.5. The monoisotopic (exact) mass is 343 g/mol. The van der Waals surface area contributed by atoms with Crippen LogP contribution in [0.1, 0.15) is 42.4 Å². The molecule has 2 rings (SSSR count). The summed E-state index contributed by atoms with van der Waals surface area (Å²) in [6, 6.07) is 11.2. The predicted molar refractivity (Wildman–Crippen MR) is 92.0 cm³/mol. The standard InChI is InChI=1S/C18H21N3O4/c1-12(2)25-17(23)11-15(13-7-5-4-6-8-13)19-18(24)14-9-10-16(22)21(3)20-14/h4-10,12,15H,11H2,1-3H3,(H,19,24). The number of nitrogens with one attached hydrogen (secondary N) is 1. The fourth-order valence-corrected chi connectivity index (χ4v) is 2.27. The molecule has 1 amide bonds. The summed E-state index contributed by atoms with van der Waals surface area (Å²) in [5.74, 6) is -0.876. The van der Waals surface area contributed by atoms with Crippen LogP contribution in [0.2, 0.25) is 0 Å². The zero-order chi connectivity index (χ0) is 18.4. The van der Waals surface area contributed by atoms with Crippen LogP contribution in [0.25, 0.3) is 0 Å². The quantitative estimate of drug-likeness (QED) is 0.805. The van der Waals surface area contributed by atoms with Crippen molar-refractivity contribution in [3.8, 4) is 0 Å². The van der Waals surface area contributed by atoms with Crippen molar-refractivity contribution < 1.29 is 14.3 Å². The molecule has 1 N–H and O–H groups in total. The van der Waals surface area contributed by atoms with E-state index in [9.17, 15) is 14.4 Å². The first-order chi connectivity index (χ1) is 11.9. The molecule has 25 heavy (non-hydrogen) atoms. The number of esters is 1. The van der Waals surface area contributed by atoms with Gasteiger partial charge < -0.3 is 10.1 Å². The van der Waals surface area contributed by atoms with Crippen LogP contribution < -0.4 is 10.9 Å². The highest BCUT2D eigenvalue weighted by Gasteiger charge is 2.21. The highest BCUT2D eigenvalue weighted by Crippen LogP contribution is 2.18. The lowest BCUT2D eigenvalue weighted by atomic mass is 10.0. The molecule has 7 nitrogen and oxygen atoms in total. The number of aromatic nitrogens is 2. The Morgan fingerprint density at radius 2 is 1.84 bits per heavy atom. The van der Waals surface area contributed by atoms with Gasteiger partial charge in [0.1, 0.15) is 5.69 Å². The summed E-state index contributed by atoms with van der Waals surface area (Å²) < 4.78 is 6.26. The number of ether oxygens (including phenoxy) is 1. The molecule has 1 aromatic heterocycles. The van der Waals surface area contributed by atoms with Gasteiger partial charge in [-0.25, -0.2) is 4.68 Å². The molecule has 0 bridgehead atoms. The average Bonchev–Trinajstić information content (AvgIpc) is 2.56. The number of rotatable bonds is 6. The van der Waals surface area contributed by atoms with E-state index in [1.54, 1.807) is 13.8 Å². The van der Waals surface area contributed by atoms with Gasteiger partial charge in [0.25, 0.3) is 11.5 Å². The first-order valence-corrected chi connectivity index (χ1v) is 7.96. The zero-order valence-electron chi connectivity index (χ0n) is 14.4. The third-order valence-corrected chi connectivity index (χ3v) is 3.44. The maximum Gasteiger partial charge on any atom is 0.308 e.